The largest absolute Gasteiger partial charge is 0.350 e. The summed E-state index contributed by atoms with van der Waals surface area (Å²) >= 11 is 1.29. The third-order valence-corrected chi connectivity index (χ3v) is 4.15. The number of benzene rings is 1. The molecule has 0 radical (unpaired) electrons. The maximum absolute atomic E-state index is 12.1. The highest BCUT2D eigenvalue weighted by Crippen LogP contribution is 2.17. The van der Waals surface area contributed by atoms with Crippen LogP contribution in [0.5, 0.6) is 0 Å². The smallest absolute Gasteiger partial charge is 0.257 e. The first-order chi connectivity index (χ1) is 12.2. The number of rotatable bonds is 6. The first kappa shape index (κ1) is 16.8. The van der Waals surface area contributed by atoms with Gasteiger partial charge in [0.1, 0.15) is 0 Å². The summed E-state index contributed by atoms with van der Waals surface area (Å²) in [6, 6.07) is 14.5. The Hall–Kier alpha value is -3.06. The van der Waals surface area contributed by atoms with Gasteiger partial charge in [-0.15, -0.1) is 11.3 Å². The second-order valence-corrected chi connectivity index (χ2v) is 6.10. The van der Waals surface area contributed by atoms with Crippen molar-refractivity contribution in [3.63, 3.8) is 0 Å². The van der Waals surface area contributed by atoms with Crippen LogP contribution in [-0.4, -0.2) is 21.8 Å². The molecule has 0 aliphatic carbocycles. The van der Waals surface area contributed by atoms with Crippen LogP contribution in [0.4, 0.5) is 5.13 Å². The van der Waals surface area contributed by atoms with Crippen molar-refractivity contribution in [1.29, 1.82) is 0 Å². The summed E-state index contributed by atoms with van der Waals surface area (Å²) in [5.74, 6) is -0.363. The van der Waals surface area contributed by atoms with Crippen LogP contribution < -0.4 is 10.6 Å². The average molecular weight is 352 g/mol. The first-order valence-corrected chi connectivity index (χ1v) is 8.56. The van der Waals surface area contributed by atoms with Crippen molar-refractivity contribution in [3.8, 4) is 0 Å². The van der Waals surface area contributed by atoms with E-state index >= 15 is 0 Å². The molecule has 3 aromatic rings. The van der Waals surface area contributed by atoms with Crippen molar-refractivity contribution in [1.82, 2.24) is 15.3 Å². The quantitative estimate of drug-likeness (QED) is 0.714. The molecule has 0 atom stereocenters. The minimum atomic E-state index is -0.221. The highest BCUT2D eigenvalue weighted by molar-refractivity contribution is 7.14. The molecule has 0 spiro atoms. The minimum Gasteiger partial charge on any atom is -0.350 e. The van der Waals surface area contributed by atoms with Gasteiger partial charge in [-0.05, 0) is 24.3 Å². The van der Waals surface area contributed by atoms with Crippen molar-refractivity contribution in [2.45, 2.75) is 13.0 Å². The molecule has 2 aromatic heterocycles. The Morgan fingerprint density at radius 1 is 1.00 bits per heavy atom. The van der Waals surface area contributed by atoms with E-state index in [0.29, 0.717) is 22.9 Å². The lowest BCUT2D eigenvalue weighted by Gasteiger charge is -2.03. The monoisotopic (exact) mass is 352 g/mol. The van der Waals surface area contributed by atoms with Gasteiger partial charge in [-0.3, -0.25) is 19.9 Å². The van der Waals surface area contributed by atoms with Crippen molar-refractivity contribution < 1.29 is 9.59 Å². The molecule has 126 valence electrons. The number of carbonyl (C=O) groups excluding carboxylic acids is 2. The Labute approximate surface area is 149 Å². The van der Waals surface area contributed by atoms with E-state index in [4.69, 9.17) is 0 Å². The van der Waals surface area contributed by atoms with Crippen molar-refractivity contribution in [2.24, 2.45) is 0 Å². The Morgan fingerprint density at radius 3 is 2.56 bits per heavy atom. The van der Waals surface area contributed by atoms with E-state index in [1.807, 2.05) is 24.3 Å². The number of carbonyl (C=O) groups is 2. The van der Waals surface area contributed by atoms with Crippen molar-refractivity contribution in [3.05, 3.63) is 77.1 Å². The Bertz CT molecular complexity index is 850. The molecule has 2 heterocycles. The number of hydrogen-bond donors (Lipinski definition) is 2. The Morgan fingerprint density at radius 2 is 1.80 bits per heavy atom. The Balaban J connectivity index is 1.51. The zero-order valence-corrected chi connectivity index (χ0v) is 14.1. The number of hydrogen-bond acceptors (Lipinski definition) is 5. The van der Waals surface area contributed by atoms with Gasteiger partial charge in [-0.1, -0.05) is 24.3 Å². The van der Waals surface area contributed by atoms with Crippen LogP contribution in [0.2, 0.25) is 0 Å². The summed E-state index contributed by atoms with van der Waals surface area (Å²) in [4.78, 5) is 32.5. The van der Waals surface area contributed by atoms with E-state index in [1.54, 1.807) is 35.8 Å². The lowest BCUT2D eigenvalue weighted by molar-refractivity contribution is -0.120. The zero-order valence-electron chi connectivity index (χ0n) is 13.3. The second kappa shape index (κ2) is 8.16. The molecule has 2 N–H and O–H groups in total. The van der Waals surface area contributed by atoms with Gasteiger partial charge in [0.15, 0.2) is 5.13 Å². The molecule has 0 unspecified atom stereocenters. The molecule has 25 heavy (non-hydrogen) atoms. The summed E-state index contributed by atoms with van der Waals surface area (Å²) in [5.41, 5.74) is 1.98. The van der Waals surface area contributed by atoms with Gasteiger partial charge < -0.3 is 5.32 Å². The molecular formula is C18H16N4O2S. The van der Waals surface area contributed by atoms with E-state index in [1.165, 1.54) is 11.3 Å². The molecule has 0 fully saturated rings. The fourth-order valence-electron chi connectivity index (χ4n) is 2.12. The number of anilines is 1. The van der Waals surface area contributed by atoms with Gasteiger partial charge in [-0.2, -0.15) is 0 Å². The van der Waals surface area contributed by atoms with E-state index < -0.39 is 0 Å². The molecule has 3 rings (SSSR count). The number of thiazole rings is 1. The van der Waals surface area contributed by atoms with Gasteiger partial charge in [-0.25, -0.2) is 4.98 Å². The zero-order chi connectivity index (χ0) is 17.5. The molecule has 0 saturated heterocycles. The molecule has 7 heteroatoms. The highest BCUT2D eigenvalue weighted by atomic mass is 32.1. The van der Waals surface area contributed by atoms with Gasteiger partial charge in [0.25, 0.3) is 5.91 Å². The maximum Gasteiger partial charge on any atom is 0.257 e. The van der Waals surface area contributed by atoms with E-state index in [9.17, 15) is 9.59 Å². The maximum atomic E-state index is 12.1. The number of nitrogens with one attached hydrogen (secondary N) is 2. The van der Waals surface area contributed by atoms with Crippen LogP contribution >= 0.6 is 11.3 Å². The van der Waals surface area contributed by atoms with Crippen LogP contribution in [0.1, 0.15) is 21.7 Å². The summed E-state index contributed by atoms with van der Waals surface area (Å²) in [6.07, 6.45) is 1.84. The summed E-state index contributed by atoms with van der Waals surface area (Å²) in [5, 5.41) is 7.77. The molecule has 0 aliphatic rings. The number of nitrogens with zero attached hydrogens (tertiary/aromatic N) is 2. The van der Waals surface area contributed by atoms with Gasteiger partial charge in [0, 0.05) is 17.1 Å². The summed E-state index contributed by atoms with van der Waals surface area (Å²) in [6.45, 7) is 0.376. The number of amides is 2. The number of aromatic nitrogens is 2. The van der Waals surface area contributed by atoms with Crippen LogP contribution in [0.25, 0.3) is 0 Å². The predicted molar refractivity (Wildman–Crippen MR) is 96.3 cm³/mol. The van der Waals surface area contributed by atoms with Crippen molar-refractivity contribution in [2.75, 3.05) is 5.32 Å². The average Bonchev–Trinajstić information content (AvgIpc) is 3.08. The van der Waals surface area contributed by atoms with E-state index in [0.717, 1.165) is 5.69 Å². The summed E-state index contributed by atoms with van der Waals surface area (Å²) in [7, 11) is 0. The SMILES string of the molecule is O=C(Cc1csc(NC(=O)c2ccccc2)n1)NCc1ccccn1. The second-order valence-electron chi connectivity index (χ2n) is 5.24. The molecule has 2 amide bonds. The molecule has 0 saturated carbocycles. The van der Waals surface area contributed by atoms with Gasteiger partial charge in [0.2, 0.25) is 5.91 Å². The van der Waals surface area contributed by atoms with Crippen LogP contribution in [0, 0.1) is 0 Å². The van der Waals surface area contributed by atoms with E-state index in [2.05, 4.69) is 20.6 Å². The minimum absolute atomic E-state index is 0.142. The van der Waals surface area contributed by atoms with E-state index in [-0.39, 0.29) is 18.2 Å². The van der Waals surface area contributed by atoms with Crippen LogP contribution in [0.3, 0.4) is 0 Å². The molecule has 0 aliphatic heterocycles. The lowest BCUT2D eigenvalue weighted by atomic mass is 10.2. The predicted octanol–water partition coefficient (Wildman–Crippen LogP) is 2.65. The molecule has 1 aromatic carbocycles. The standard InChI is InChI=1S/C18H16N4O2S/c23-16(20-11-14-8-4-5-9-19-14)10-15-12-25-18(21-15)22-17(24)13-6-2-1-3-7-13/h1-9,12H,10-11H2,(H,20,23)(H,21,22,24). The highest BCUT2D eigenvalue weighted by Gasteiger charge is 2.11. The fraction of sp³-hybridized carbons (Fsp3) is 0.111. The number of pyridine rings is 1. The first-order valence-electron chi connectivity index (χ1n) is 7.68. The topological polar surface area (TPSA) is 84.0 Å². The molecule has 0 bridgehead atoms. The van der Waals surface area contributed by atoms with Crippen molar-refractivity contribution >= 4 is 28.3 Å². The third kappa shape index (κ3) is 4.95. The summed E-state index contributed by atoms with van der Waals surface area (Å²) < 4.78 is 0. The third-order valence-electron chi connectivity index (χ3n) is 3.34. The Kier molecular flexibility index (Phi) is 5.48. The molecule has 6 nitrogen and oxygen atoms in total. The lowest BCUT2D eigenvalue weighted by Crippen LogP contribution is -2.25. The van der Waals surface area contributed by atoms with Crippen LogP contribution in [0.15, 0.2) is 60.1 Å². The normalized spacial score (nSPS) is 10.2. The molecular weight excluding hydrogens is 336 g/mol. The van der Waals surface area contributed by atoms with Gasteiger partial charge >= 0.3 is 0 Å². The van der Waals surface area contributed by atoms with Gasteiger partial charge in [0.05, 0.1) is 24.4 Å². The van der Waals surface area contributed by atoms with Crippen LogP contribution in [-0.2, 0) is 17.8 Å². The fourth-order valence-corrected chi connectivity index (χ4v) is 2.83.